The molecule has 9 nitrogen and oxygen atoms in total. The second-order valence-electron chi connectivity index (χ2n) is 7.31. The molecule has 2 aromatic rings. The van der Waals surface area contributed by atoms with Crippen LogP contribution in [0.4, 0.5) is 11.9 Å². The number of carbonyl (C=O) groups is 1. The van der Waals surface area contributed by atoms with E-state index in [2.05, 4.69) is 25.2 Å². The lowest BCUT2D eigenvalue weighted by molar-refractivity contribution is 0.0938. The average Bonchev–Trinajstić information content (AvgIpc) is 2.77. The molecule has 4 rings (SSSR count). The third-order valence-electron chi connectivity index (χ3n) is 4.91. The summed E-state index contributed by atoms with van der Waals surface area (Å²) in [5.74, 6) is 2.60. The Morgan fingerprint density at radius 2 is 1.90 bits per heavy atom. The van der Waals surface area contributed by atoms with Gasteiger partial charge in [0.25, 0.3) is 5.91 Å². The van der Waals surface area contributed by atoms with E-state index < -0.39 is 0 Å². The molecule has 1 fully saturated rings. The molecule has 2 aliphatic rings. The first kappa shape index (κ1) is 19.2. The van der Waals surface area contributed by atoms with Crippen LogP contribution >= 0.6 is 0 Å². The van der Waals surface area contributed by atoms with Gasteiger partial charge in [-0.25, -0.2) is 0 Å². The minimum Gasteiger partial charge on any atom is -0.486 e. The number of anilines is 2. The van der Waals surface area contributed by atoms with Gasteiger partial charge >= 0.3 is 0 Å². The summed E-state index contributed by atoms with van der Waals surface area (Å²) in [5.41, 5.74) is 0.445. The van der Waals surface area contributed by atoms with E-state index in [9.17, 15) is 4.79 Å². The number of piperidine rings is 1. The van der Waals surface area contributed by atoms with Crippen molar-refractivity contribution in [3.8, 4) is 11.5 Å². The zero-order chi connectivity index (χ0) is 20.2. The van der Waals surface area contributed by atoms with Gasteiger partial charge in [0, 0.05) is 27.2 Å². The molecule has 3 heterocycles. The van der Waals surface area contributed by atoms with Crippen molar-refractivity contribution in [2.75, 3.05) is 50.2 Å². The predicted molar refractivity (Wildman–Crippen MR) is 109 cm³/mol. The molecule has 0 spiro atoms. The normalized spacial score (nSPS) is 15.7. The van der Waals surface area contributed by atoms with Crippen LogP contribution in [0.1, 0.15) is 35.4 Å². The van der Waals surface area contributed by atoms with Crippen LogP contribution in [0.15, 0.2) is 18.2 Å². The Hall–Kier alpha value is -3.10. The summed E-state index contributed by atoms with van der Waals surface area (Å²) >= 11 is 0. The molecule has 0 aliphatic carbocycles. The highest BCUT2D eigenvalue weighted by atomic mass is 16.6. The molecular weight excluding hydrogens is 372 g/mol. The fraction of sp³-hybridized carbons (Fsp3) is 0.500. The van der Waals surface area contributed by atoms with Crippen LogP contribution < -0.4 is 24.6 Å². The lowest BCUT2D eigenvalue weighted by Crippen LogP contribution is -2.33. The van der Waals surface area contributed by atoms with Crippen molar-refractivity contribution < 1.29 is 14.3 Å². The lowest BCUT2D eigenvalue weighted by Gasteiger charge is -2.27. The van der Waals surface area contributed by atoms with Crippen molar-refractivity contribution in [2.24, 2.45) is 0 Å². The fourth-order valence-electron chi connectivity index (χ4n) is 3.42. The van der Waals surface area contributed by atoms with Crippen LogP contribution in [-0.2, 0) is 6.54 Å². The van der Waals surface area contributed by atoms with E-state index in [-0.39, 0.29) is 12.5 Å². The van der Waals surface area contributed by atoms with E-state index in [4.69, 9.17) is 9.47 Å². The molecule has 154 valence electrons. The Morgan fingerprint density at radius 1 is 1.10 bits per heavy atom. The van der Waals surface area contributed by atoms with Gasteiger partial charge in [0.2, 0.25) is 11.9 Å². The number of benzene rings is 1. The second kappa shape index (κ2) is 8.50. The van der Waals surface area contributed by atoms with Crippen molar-refractivity contribution >= 4 is 17.8 Å². The Balaban J connectivity index is 1.52. The summed E-state index contributed by atoms with van der Waals surface area (Å²) in [6.07, 6.45) is 3.50. The highest BCUT2D eigenvalue weighted by Gasteiger charge is 2.21. The number of ether oxygens (including phenoxy) is 2. The van der Waals surface area contributed by atoms with E-state index in [0.717, 1.165) is 25.9 Å². The van der Waals surface area contributed by atoms with Gasteiger partial charge in [-0.1, -0.05) is 6.07 Å². The molecule has 1 N–H and O–H groups in total. The molecule has 2 aliphatic heterocycles. The van der Waals surface area contributed by atoms with Crippen LogP contribution in [0, 0.1) is 0 Å². The number of hydrogen-bond donors (Lipinski definition) is 1. The summed E-state index contributed by atoms with van der Waals surface area (Å²) in [4.78, 5) is 30.5. The Bertz CT molecular complexity index is 883. The van der Waals surface area contributed by atoms with Crippen LogP contribution in [-0.4, -0.2) is 61.3 Å². The Kier molecular flexibility index (Phi) is 5.64. The number of nitrogens with one attached hydrogen (secondary N) is 1. The smallest absolute Gasteiger partial charge is 0.255 e. The molecule has 1 aromatic carbocycles. The van der Waals surface area contributed by atoms with Crippen LogP contribution in [0.2, 0.25) is 0 Å². The van der Waals surface area contributed by atoms with Crippen molar-refractivity contribution in [3.63, 3.8) is 0 Å². The molecule has 1 amide bonds. The largest absolute Gasteiger partial charge is 0.486 e. The van der Waals surface area contributed by atoms with Crippen molar-refractivity contribution in [3.05, 3.63) is 29.6 Å². The molecule has 0 saturated carbocycles. The van der Waals surface area contributed by atoms with Gasteiger partial charge in [-0.05, 0) is 31.4 Å². The second-order valence-corrected chi connectivity index (χ2v) is 7.31. The van der Waals surface area contributed by atoms with E-state index in [0.29, 0.717) is 48.0 Å². The van der Waals surface area contributed by atoms with E-state index in [1.165, 1.54) is 6.42 Å². The van der Waals surface area contributed by atoms with Gasteiger partial charge in [-0.15, -0.1) is 0 Å². The number of aromatic nitrogens is 3. The third kappa shape index (κ3) is 4.33. The Morgan fingerprint density at radius 3 is 2.69 bits per heavy atom. The average molecular weight is 398 g/mol. The van der Waals surface area contributed by atoms with Gasteiger partial charge in [-0.2, -0.15) is 15.0 Å². The van der Waals surface area contributed by atoms with Crippen molar-refractivity contribution in [1.82, 2.24) is 20.3 Å². The number of carbonyl (C=O) groups excluding carboxylic acids is 1. The number of rotatable bonds is 5. The maximum absolute atomic E-state index is 12.8. The van der Waals surface area contributed by atoms with Crippen molar-refractivity contribution in [1.29, 1.82) is 0 Å². The summed E-state index contributed by atoms with van der Waals surface area (Å²) in [6, 6.07) is 5.30. The maximum atomic E-state index is 12.8. The van der Waals surface area contributed by atoms with Gasteiger partial charge < -0.3 is 24.6 Å². The highest BCUT2D eigenvalue weighted by Crippen LogP contribution is 2.33. The molecular formula is C20H26N6O3. The third-order valence-corrected chi connectivity index (χ3v) is 4.91. The van der Waals surface area contributed by atoms with Gasteiger partial charge in [0.05, 0.1) is 12.1 Å². The first-order valence-corrected chi connectivity index (χ1v) is 9.96. The minimum atomic E-state index is -0.251. The molecule has 0 atom stereocenters. The number of hydrogen-bond acceptors (Lipinski definition) is 8. The summed E-state index contributed by atoms with van der Waals surface area (Å²) in [6.45, 7) is 2.99. The highest BCUT2D eigenvalue weighted by molar-refractivity contribution is 5.97. The molecule has 0 unspecified atom stereocenters. The summed E-state index contributed by atoms with van der Waals surface area (Å²) < 4.78 is 11.2. The number of amides is 1. The summed E-state index contributed by atoms with van der Waals surface area (Å²) in [7, 11) is 3.79. The first-order valence-electron chi connectivity index (χ1n) is 9.96. The van der Waals surface area contributed by atoms with E-state index in [1.807, 2.05) is 19.0 Å². The maximum Gasteiger partial charge on any atom is 0.255 e. The van der Waals surface area contributed by atoms with Crippen molar-refractivity contribution in [2.45, 2.75) is 25.8 Å². The molecule has 0 radical (unpaired) electrons. The van der Waals surface area contributed by atoms with E-state index >= 15 is 0 Å². The minimum absolute atomic E-state index is 0.202. The van der Waals surface area contributed by atoms with Gasteiger partial charge in [-0.3, -0.25) is 4.79 Å². The Labute approximate surface area is 170 Å². The molecule has 9 heteroatoms. The van der Waals surface area contributed by atoms with Crippen LogP contribution in [0.25, 0.3) is 0 Å². The zero-order valence-corrected chi connectivity index (χ0v) is 16.8. The van der Waals surface area contributed by atoms with Crippen LogP contribution in [0.5, 0.6) is 11.5 Å². The molecule has 1 aromatic heterocycles. The first-order chi connectivity index (χ1) is 14.1. The lowest BCUT2D eigenvalue weighted by atomic mass is 10.1. The number of para-hydroxylation sites is 1. The molecule has 1 saturated heterocycles. The SMILES string of the molecule is CN(C)c1nc(CNC(=O)c2cccc3c2OCCO3)nc(N2CCCCC2)n1. The monoisotopic (exact) mass is 398 g/mol. The number of nitrogens with zero attached hydrogens (tertiary/aromatic N) is 5. The predicted octanol–water partition coefficient (Wildman–Crippen LogP) is 1.63. The molecule has 0 bridgehead atoms. The topological polar surface area (TPSA) is 92.7 Å². The zero-order valence-electron chi connectivity index (χ0n) is 16.8. The van der Waals surface area contributed by atoms with Gasteiger partial charge in [0.1, 0.15) is 13.2 Å². The van der Waals surface area contributed by atoms with E-state index in [1.54, 1.807) is 18.2 Å². The van der Waals surface area contributed by atoms with Crippen LogP contribution in [0.3, 0.4) is 0 Å². The quantitative estimate of drug-likeness (QED) is 0.812. The molecule has 29 heavy (non-hydrogen) atoms. The van der Waals surface area contributed by atoms with Gasteiger partial charge in [0.15, 0.2) is 17.3 Å². The summed E-state index contributed by atoms with van der Waals surface area (Å²) in [5, 5.41) is 2.90. The fourth-order valence-corrected chi connectivity index (χ4v) is 3.42. The standard InChI is InChI=1S/C20H26N6O3/c1-25(2)19-22-16(23-20(24-19)26-9-4-3-5-10-26)13-21-18(27)14-7-6-8-15-17(14)29-12-11-28-15/h6-8H,3-5,9-13H2,1-2H3,(H,21,27). The number of fused-ring (bicyclic) bond motifs is 1.